The number of rotatable bonds is 14. The Hall–Kier alpha value is -3.10. The highest BCUT2D eigenvalue weighted by Gasteiger charge is 2.52. The summed E-state index contributed by atoms with van der Waals surface area (Å²) >= 11 is 0. The predicted octanol–water partition coefficient (Wildman–Crippen LogP) is 0.431. The fourth-order valence-electron chi connectivity index (χ4n) is 3.74. The molecule has 1 saturated heterocycles. The van der Waals surface area contributed by atoms with Gasteiger partial charge in [0, 0.05) is 40.8 Å². The van der Waals surface area contributed by atoms with E-state index in [1.807, 2.05) is 0 Å². The van der Waals surface area contributed by atoms with Gasteiger partial charge in [-0.25, -0.2) is 0 Å². The smallest absolute Gasteiger partial charge is 0.303 e. The maximum Gasteiger partial charge on any atom is 0.303 e. The van der Waals surface area contributed by atoms with Gasteiger partial charge in [0.15, 0.2) is 24.6 Å². The Kier molecular flexibility index (Phi) is 12.4. The van der Waals surface area contributed by atoms with E-state index in [0.29, 0.717) is 12.2 Å². The average molecular weight is 530 g/mol. The molecule has 208 valence electrons. The minimum absolute atomic E-state index is 0.0990. The van der Waals surface area contributed by atoms with E-state index in [0.717, 1.165) is 46.5 Å². The molecule has 1 aromatic rings. The van der Waals surface area contributed by atoms with Gasteiger partial charge in [-0.05, 0) is 12.8 Å². The first-order valence-corrected chi connectivity index (χ1v) is 12.0. The van der Waals surface area contributed by atoms with Gasteiger partial charge in [0.25, 0.3) is 0 Å². The van der Waals surface area contributed by atoms with E-state index in [4.69, 9.17) is 33.5 Å². The third kappa shape index (κ3) is 10.4. The van der Waals surface area contributed by atoms with E-state index in [2.05, 4.69) is 10.3 Å². The van der Waals surface area contributed by atoms with E-state index < -0.39 is 54.6 Å². The number of nitrogens with zero attached hydrogens (tertiary/aromatic N) is 3. The molecular formula is C23H35N3O11. The number of hydrogen-bond acceptors (Lipinski definition) is 13. The lowest BCUT2D eigenvalue weighted by Gasteiger charge is -2.43. The third-order valence-electron chi connectivity index (χ3n) is 5.23. The van der Waals surface area contributed by atoms with Crippen LogP contribution in [-0.2, 0) is 60.8 Å². The molecule has 2 rings (SSSR count). The summed E-state index contributed by atoms with van der Waals surface area (Å²) in [4.78, 5) is 46.9. The van der Waals surface area contributed by atoms with E-state index in [-0.39, 0.29) is 19.8 Å². The summed E-state index contributed by atoms with van der Waals surface area (Å²) < 4.78 is 34.5. The van der Waals surface area contributed by atoms with Crippen LogP contribution in [0.1, 0.15) is 59.1 Å². The first-order chi connectivity index (χ1) is 17.6. The van der Waals surface area contributed by atoms with E-state index in [1.165, 1.54) is 6.92 Å². The quantitative estimate of drug-likeness (QED) is 0.200. The largest absolute Gasteiger partial charge is 0.463 e. The monoisotopic (exact) mass is 529 g/mol. The lowest BCUT2D eigenvalue weighted by molar-refractivity contribution is -0.310. The van der Waals surface area contributed by atoms with Gasteiger partial charge >= 0.3 is 23.9 Å². The van der Waals surface area contributed by atoms with Crippen molar-refractivity contribution in [3.8, 4) is 0 Å². The molecule has 14 nitrogen and oxygen atoms in total. The van der Waals surface area contributed by atoms with Crippen molar-refractivity contribution in [1.82, 2.24) is 15.0 Å². The maximum atomic E-state index is 11.9. The Morgan fingerprint density at radius 3 is 2.14 bits per heavy atom. The topological polar surface area (TPSA) is 175 Å². The molecule has 0 radical (unpaired) electrons. The van der Waals surface area contributed by atoms with E-state index in [1.54, 1.807) is 10.9 Å². The van der Waals surface area contributed by atoms with Crippen LogP contribution >= 0.6 is 0 Å². The van der Waals surface area contributed by atoms with Gasteiger partial charge in [0.05, 0.1) is 12.8 Å². The van der Waals surface area contributed by atoms with E-state index >= 15 is 0 Å². The summed E-state index contributed by atoms with van der Waals surface area (Å²) in [5, 5.41) is 17.0. The SMILES string of the molecule is CC(=O)OC[C@H]1O[C@H](OCc2cn(CCCCCCO)nn2)[C@@H](OC(C)=O)[C@@H](OC(C)=O)[C@@H]1OC(C)=O. The number of carbonyl (C=O) groups excluding carboxylic acids is 4. The Balaban J connectivity index is 2.18. The van der Waals surface area contributed by atoms with Gasteiger partial charge in [-0.15, -0.1) is 5.10 Å². The number of carbonyl (C=O) groups is 4. The van der Waals surface area contributed by atoms with Crippen LogP contribution < -0.4 is 0 Å². The zero-order valence-corrected chi connectivity index (χ0v) is 21.5. The van der Waals surface area contributed by atoms with Crippen molar-refractivity contribution >= 4 is 23.9 Å². The van der Waals surface area contributed by atoms with Crippen LogP contribution in [0.3, 0.4) is 0 Å². The molecule has 0 aromatic carbocycles. The van der Waals surface area contributed by atoms with Crippen LogP contribution in [0, 0.1) is 0 Å². The fourth-order valence-corrected chi connectivity index (χ4v) is 3.74. The molecule has 0 saturated carbocycles. The molecule has 0 amide bonds. The van der Waals surface area contributed by atoms with Crippen molar-refractivity contribution < 1.29 is 52.7 Å². The summed E-state index contributed by atoms with van der Waals surface area (Å²) in [7, 11) is 0. The summed E-state index contributed by atoms with van der Waals surface area (Å²) in [6.45, 7) is 5.00. The Labute approximate surface area is 214 Å². The maximum absolute atomic E-state index is 11.9. The van der Waals surface area contributed by atoms with Gasteiger partial charge in [-0.3, -0.25) is 23.9 Å². The number of aromatic nitrogens is 3. The normalized spacial score (nSPS) is 23.2. The van der Waals surface area contributed by atoms with Crippen molar-refractivity contribution in [2.45, 2.75) is 97.2 Å². The third-order valence-corrected chi connectivity index (χ3v) is 5.23. The second-order valence-electron chi connectivity index (χ2n) is 8.49. The molecule has 14 heteroatoms. The first kappa shape index (κ1) is 30.1. The Bertz CT molecular complexity index is 906. The minimum Gasteiger partial charge on any atom is -0.463 e. The predicted molar refractivity (Wildman–Crippen MR) is 122 cm³/mol. The molecule has 1 N–H and O–H groups in total. The molecule has 0 aliphatic carbocycles. The standard InChI is InChI=1S/C23H35N3O11/c1-14(28)32-13-19-20(34-15(2)29)21(35-16(3)30)22(36-17(4)31)23(37-19)33-12-18-11-26(25-24-18)9-7-5-6-8-10-27/h11,19-23,27H,5-10,12-13H2,1-4H3/t19-,20-,21+,22+,23+/m1/s1. The molecule has 1 aliphatic rings. The highest BCUT2D eigenvalue weighted by atomic mass is 16.7. The number of aryl methyl sites for hydroxylation is 1. The Morgan fingerprint density at radius 2 is 1.51 bits per heavy atom. The molecule has 0 bridgehead atoms. The van der Waals surface area contributed by atoms with Gasteiger partial charge in [-0.2, -0.15) is 0 Å². The summed E-state index contributed by atoms with van der Waals surface area (Å²) in [6.07, 6.45) is -1.07. The highest BCUT2D eigenvalue weighted by Crippen LogP contribution is 2.30. The van der Waals surface area contributed by atoms with Crippen LogP contribution in [0.5, 0.6) is 0 Å². The van der Waals surface area contributed by atoms with Crippen LogP contribution in [0.4, 0.5) is 0 Å². The highest BCUT2D eigenvalue weighted by molar-refractivity contribution is 5.68. The first-order valence-electron chi connectivity index (χ1n) is 12.0. The molecule has 1 aromatic heterocycles. The average Bonchev–Trinajstić information content (AvgIpc) is 3.26. The lowest BCUT2D eigenvalue weighted by atomic mass is 9.98. The van der Waals surface area contributed by atoms with Gasteiger partial charge in [0.2, 0.25) is 0 Å². The molecule has 1 aliphatic heterocycles. The molecule has 2 heterocycles. The summed E-state index contributed by atoms with van der Waals surface area (Å²) in [5.74, 6) is -2.77. The zero-order chi connectivity index (χ0) is 27.4. The zero-order valence-electron chi connectivity index (χ0n) is 21.5. The molecule has 0 spiro atoms. The number of aliphatic hydroxyl groups excluding tert-OH is 1. The van der Waals surface area contributed by atoms with Crippen LogP contribution in [0.25, 0.3) is 0 Å². The van der Waals surface area contributed by atoms with Crippen molar-refractivity contribution in [3.05, 3.63) is 11.9 Å². The molecular weight excluding hydrogens is 494 g/mol. The lowest BCUT2D eigenvalue weighted by Crippen LogP contribution is -2.62. The van der Waals surface area contributed by atoms with Crippen LogP contribution in [-0.4, -0.2) is 87.9 Å². The number of ether oxygens (including phenoxy) is 6. The number of esters is 4. The second-order valence-corrected chi connectivity index (χ2v) is 8.49. The minimum atomic E-state index is -1.31. The van der Waals surface area contributed by atoms with Crippen molar-refractivity contribution in [2.75, 3.05) is 13.2 Å². The van der Waals surface area contributed by atoms with Gasteiger partial charge in [-0.1, -0.05) is 18.1 Å². The van der Waals surface area contributed by atoms with Gasteiger partial charge in [0.1, 0.15) is 18.4 Å². The van der Waals surface area contributed by atoms with Crippen LogP contribution in [0.15, 0.2) is 6.20 Å². The molecule has 37 heavy (non-hydrogen) atoms. The molecule has 0 unspecified atom stereocenters. The van der Waals surface area contributed by atoms with Gasteiger partial charge < -0.3 is 33.5 Å². The summed E-state index contributed by atoms with van der Waals surface area (Å²) in [5.41, 5.74) is 0.461. The van der Waals surface area contributed by atoms with Crippen molar-refractivity contribution in [3.63, 3.8) is 0 Å². The number of unbranched alkanes of at least 4 members (excludes halogenated alkanes) is 3. The van der Waals surface area contributed by atoms with Crippen LogP contribution in [0.2, 0.25) is 0 Å². The molecule has 5 atom stereocenters. The number of aliphatic hydroxyl groups is 1. The number of hydrogen-bond donors (Lipinski definition) is 1. The van der Waals surface area contributed by atoms with Crippen molar-refractivity contribution in [1.29, 1.82) is 0 Å². The fraction of sp³-hybridized carbons (Fsp3) is 0.739. The van der Waals surface area contributed by atoms with E-state index in [9.17, 15) is 19.2 Å². The summed E-state index contributed by atoms with van der Waals surface area (Å²) in [6, 6.07) is 0. The van der Waals surface area contributed by atoms with Crippen molar-refractivity contribution in [2.24, 2.45) is 0 Å². The molecule has 1 fully saturated rings. The second kappa shape index (κ2) is 15.2. The Morgan fingerprint density at radius 1 is 0.892 bits per heavy atom.